The lowest BCUT2D eigenvalue weighted by molar-refractivity contribution is 0.0942. The molecule has 0 saturated carbocycles. The Labute approximate surface area is 168 Å². The first-order chi connectivity index (χ1) is 11.7. The average Bonchev–Trinajstić information content (AvgIpc) is 3.10. The molecule has 0 aromatic heterocycles. The van der Waals surface area contributed by atoms with E-state index in [4.69, 9.17) is 0 Å². The molecule has 0 radical (unpaired) electrons. The molecule has 1 amide bonds. The van der Waals surface area contributed by atoms with Crippen LogP contribution in [0.3, 0.4) is 0 Å². The highest BCUT2D eigenvalue weighted by Crippen LogP contribution is 2.18. The van der Waals surface area contributed by atoms with Gasteiger partial charge in [0.1, 0.15) is 5.82 Å². The summed E-state index contributed by atoms with van der Waals surface area (Å²) in [4.78, 5) is 14.7. The first-order valence-corrected chi connectivity index (χ1v) is 9.22. The number of rotatable bonds is 6. The third-order valence-electron chi connectivity index (χ3n) is 5.12. The number of benzene rings is 1. The van der Waals surface area contributed by atoms with Gasteiger partial charge in [0.2, 0.25) is 0 Å². The average molecular weight is 406 g/mol. The van der Waals surface area contributed by atoms with E-state index >= 15 is 0 Å². The van der Waals surface area contributed by atoms with E-state index in [9.17, 15) is 9.18 Å². The third kappa shape index (κ3) is 6.69. The van der Waals surface area contributed by atoms with Crippen LogP contribution in [0.1, 0.15) is 41.6 Å². The number of amides is 1. The van der Waals surface area contributed by atoms with Crippen molar-refractivity contribution in [3.05, 3.63) is 35.1 Å². The Hall–Kier alpha value is -0.880. The summed E-state index contributed by atoms with van der Waals surface area (Å²) in [6, 6.07) is 4.96. The fraction of sp³-hybridized carbons (Fsp3) is 0.632. The zero-order valence-corrected chi connectivity index (χ0v) is 16.8. The largest absolute Gasteiger partial charge is 0.351 e. The number of hydrogen-bond donors (Lipinski definition) is 2. The lowest BCUT2D eigenvalue weighted by Gasteiger charge is -2.26. The lowest BCUT2D eigenvalue weighted by atomic mass is 9.97. The molecule has 2 heterocycles. The second kappa shape index (κ2) is 11.8. The maximum Gasteiger partial charge on any atom is 0.254 e. The quantitative estimate of drug-likeness (QED) is 0.764. The molecule has 2 N–H and O–H groups in total. The van der Waals surface area contributed by atoms with Gasteiger partial charge >= 0.3 is 0 Å². The van der Waals surface area contributed by atoms with Crippen LogP contribution in [0.5, 0.6) is 0 Å². The van der Waals surface area contributed by atoms with Crippen LogP contribution in [-0.4, -0.2) is 50.1 Å². The standard InChI is InChI=1S/C19H28FN3O.2ClH/c20-18-5-4-15(12-16-6-7-21-14-16)13-17(18)19(24)22-8-11-23-9-2-1-3-10-23;;/h4-5,13,16,21H,1-3,6-12,14H2,(H,22,24);2*1H. The molecule has 1 aromatic rings. The minimum absolute atomic E-state index is 0. The molecule has 148 valence electrons. The summed E-state index contributed by atoms with van der Waals surface area (Å²) in [6.45, 7) is 5.70. The van der Waals surface area contributed by atoms with Gasteiger partial charge in [0, 0.05) is 13.1 Å². The van der Waals surface area contributed by atoms with Crippen molar-refractivity contribution in [2.45, 2.75) is 32.1 Å². The summed E-state index contributed by atoms with van der Waals surface area (Å²) in [7, 11) is 0. The molecule has 1 unspecified atom stereocenters. The number of piperidine rings is 1. The number of nitrogens with one attached hydrogen (secondary N) is 2. The fourth-order valence-electron chi connectivity index (χ4n) is 3.70. The zero-order chi connectivity index (χ0) is 16.8. The molecule has 26 heavy (non-hydrogen) atoms. The van der Waals surface area contributed by atoms with Crippen LogP contribution in [0, 0.1) is 11.7 Å². The summed E-state index contributed by atoms with van der Waals surface area (Å²) < 4.78 is 14.0. The van der Waals surface area contributed by atoms with Crippen molar-refractivity contribution in [2.75, 3.05) is 39.3 Å². The van der Waals surface area contributed by atoms with Crippen molar-refractivity contribution in [3.63, 3.8) is 0 Å². The molecular weight excluding hydrogens is 376 g/mol. The van der Waals surface area contributed by atoms with E-state index in [0.717, 1.165) is 51.1 Å². The van der Waals surface area contributed by atoms with Crippen LogP contribution in [0.4, 0.5) is 4.39 Å². The van der Waals surface area contributed by atoms with E-state index in [2.05, 4.69) is 15.5 Å². The number of likely N-dealkylation sites (tertiary alicyclic amines) is 1. The van der Waals surface area contributed by atoms with Crippen LogP contribution >= 0.6 is 24.8 Å². The normalized spacial score (nSPS) is 20.1. The highest BCUT2D eigenvalue weighted by Gasteiger charge is 2.18. The first kappa shape index (κ1) is 23.2. The highest BCUT2D eigenvalue weighted by atomic mass is 35.5. The smallest absolute Gasteiger partial charge is 0.254 e. The van der Waals surface area contributed by atoms with Crippen LogP contribution in [0.25, 0.3) is 0 Å². The predicted octanol–water partition coefficient (Wildman–Crippen LogP) is 3.04. The van der Waals surface area contributed by atoms with Gasteiger partial charge in [-0.05, 0) is 75.5 Å². The van der Waals surface area contributed by atoms with E-state index in [1.165, 1.54) is 25.3 Å². The second-order valence-electron chi connectivity index (χ2n) is 7.04. The van der Waals surface area contributed by atoms with Crippen LogP contribution < -0.4 is 10.6 Å². The first-order valence-electron chi connectivity index (χ1n) is 9.22. The van der Waals surface area contributed by atoms with Gasteiger partial charge in [0.25, 0.3) is 5.91 Å². The number of nitrogens with zero attached hydrogens (tertiary/aromatic N) is 1. The van der Waals surface area contributed by atoms with Gasteiger partial charge in [-0.3, -0.25) is 4.79 Å². The summed E-state index contributed by atoms with van der Waals surface area (Å²) in [6.07, 6.45) is 5.83. The zero-order valence-electron chi connectivity index (χ0n) is 15.1. The Morgan fingerprint density at radius 3 is 2.69 bits per heavy atom. The summed E-state index contributed by atoms with van der Waals surface area (Å²) >= 11 is 0. The Morgan fingerprint density at radius 2 is 2.00 bits per heavy atom. The molecule has 4 nitrogen and oxygen atoms in total. The van der Waals surface area contributed by atoms with E-state index in [-0.39, 0.29) is 36.3 Å². The van der Waals surface area contributed by atoms with Gasteiger partial charge in [0.15, 0.2) is 0 Å². The monoisotopic (exact) mass is 405 g/mol. The molecule has 0 spiro atoms. The van der Waals surface area contributed by atoms with Crippen LogP contribution in [-0.2, 0) is 6.42 Å². The summed E-state index contributed by atoms with van der Waals surface area (Å²) in [5, 5.41) is 6.22. The van der Waals surface area contributed by atoms with E-state index < -0.39 is 5.82 Å². The second-order valence-corrected chi connectivity index (χ2v) is 7.04. The van der Waals surface area contributed by atoms with Gasteiger partial charge in [0.05, 0.1) is 5.56 Å². The van der Waals surface area contributed by atoms with Crippen molar-refractivity contribution in [3.8, 4) is 0 Å². The number of halogens is 3. The molecule has 3 rings (SSSR count). The van der Waals surface area contributed by atoms with Crippen LogP contribution in [0.15, 0.2) is 18.2 Å². The van der Waals surface area contributed by atoms with E-state index in [1.807, 2.05) is 0 Å². The van der Waals surface area contributed by atoms with Gasteiger partial charge < -0.3 is 15.5 Å². The van der Waals surface area contributed by atoms with Crippen LogP contribution in [0.2, 0.25) is 0 Å². The van der Waals surface area contributed by atoms with Gasteiger partial charge in [-0.25, -0.2) is 4.39 Å². The van der Waals surface area contributed by atoms with Crippen molar-refractivity contribution in [1.29, 1.82) is 0 Å². The summed E-state index contributed by atoms with van der Waals surface area (Å²) in [5.74, 6) is -0.139. The van der Waals surface area contributed by atoms with Gasteiger partial charge in [-0.1, -0.05) is 12.5 Å². The molecule has 2 saturated heterocycles. The van der Waals surface area contributed by atoms with Crippen molar-refractivity contribution >= 4 is 30.7 Å². The number of carbonyl (C=O) groups excluding carboxylic acids is 1. The fourth-order valence-corrected chi connectivity index (χ4v) is 3.70. The molecule has 2 fully saturated rings. The van der Waals surface area contributed by atoms with Crippen molar-refractivity contribution in [1.82, 2.24) is 15.5 Å². The minimum atomic E-state index is -0.432. The molecular formula is C19H30Cl2FN3O. The Morgan fingerprint density at radius 1 is 1.23 bits per heavy atom. The topological polar surface area (TPSA) is 44.4 Å². The van der Waals surface area contributed by atoms with E-state index in [0.29, 0.717) is 12.5 Å². The Kier molecular flexibility index (Phi) is 10.5. The minimum Gasteiger partial charge on any atom is -0.351 e. The lowest BCUT2D eigenvalue weighted by Crippen LogP contribution is -2.37. The molecule has 2 aliphatic heterocycles. The highest BCUT2D eigenvalue weighted by molar-refractivity contribution is 5.94. The van der Waals surface area contributed by atoms with Crippen molar-refractivity contribution in [2.24, 2.45) is 5.92 Å². The molecule has 7 heteroatoms. The van der Waals surface area contributed by atoms with Gasteiger partial charge in [-0.15, -0.1) is 24.8 Å². The molecule has 1 aromatic carbocycles. The molecule has 0 aliphatic carbocycles. The maximum absolute atomic E-state index is 14.0. The van der Waals surface area contributed by atoms with Crippen molar-refractivity contribution < 1.29 is 9.18 Å². The number of hydrogen-bond acceptors (Lipinski definition) is 3. The molecule has 2 aliphatic rings. The number of carbonyl (C=O) groups is 1. The molecule has 0 bridgehead atoms. The Bertz CT molecular complexity index is 562. The predicted molar refractivity (Wildman–Crippen MR) is 108 cm³/mol. The van der Waals surface area contributed by atoms with Gasteiger partial charge in [-0.2, -0.15) is 0 Å². The summed E-state index contributed by atoms with van der Waals surface area (Å²) in [5.41, 5.74) is 1.23. The van der Waals surface area contributed by atoms with E-state index in [1.54, 1.807) is 12.1 Å². The SMILES string of the molecule is Cl.Cl.O=C(NCCN1CCCCC1)c1cc(CC2CCNC2)ccc1F. The third-order valence-corrected chi connectivity index (χ3v) is 5.12. The Balaban J connectivity index is 0.00000169. The maximum atomic E-state index is 14.0. The molecule has 1 atom stereocenters.